The lowest BCUT2D eigenvalue weighted by molar-refractivity contribution is -0.131. The molecular formula is C10H11ClF3NO. The Morgan fingerprint density at radius 3 is 2.56 bits per heavy atom. The van der Waals surface area contributed by atoms with Gasteiger partial charge in [-0.05, 0) is 18.2 Å². The van der Waals surface area contributed by atoms with Crippen LogP contribution in [0.5, 0.6) is 5.75 Å². The molecule has 2 nitrogen and oxygen atoms in total. The molecule has 0 aliphatic rings. The number of halogens is 4. The van der Waals surface area contributed by atoms with Gasteiger partial charge in [0, 0.05) is 12.2 Å². The summed E-state index contributed by atoms with van der Waals surface area (Å²) >= 11 is 5.81. The molecule has 0 aliphatic carbocycles. The Hall–Kier alpha value is -1.10. The van der Waals surface area contributed by atoms with Gasteiger partial charge in [-0.1, -0.05) is 11.6 Å². The van der Waals surface area contributed by atoms with Crippen molar-refractivity contribution < 1.29 is 17.9 Å². The quantitative estimate of drug-likeness (QED) is 0.883. The Morgan fingerprint density at radius 2 is 2.06 bits per heavy atom. The van der Waals surface area contributed by atoms with Crippen LogP contribution in [0, 0.1) is 0 Å². The van der Waals surface area contributed by atoms with Crippen molar-refractivity contribution in [1.29, 1.82) is 0 Å². The van der Waals surface area contributed by atoms with E-state index in [-0.39, 0.29) is 6.54 Å². The van der Waals surface area contributed by atoms with E-state index in [1.165, 1.54) is 13.2 Å². The van der Waals surface area contributed by atoms with E-state index in [1.54, 1.807) is 12.1 Å². The highest BCUT2D eigenvalue weighted by atomic mass is 35.5. The summed E-state index contributed by atoms with van der Waals surface area (Å²) < 4.78 is 40.5. The average molecular weight is 254 g/mol. The first kappa shape index (κ1) is 13.0. The van der Waals surface area contributed by atoms with Gasteiger partial charge in [-0.3, -0.25) is 0 Å². The van der Waals surface area contributed by atoms with E-state index in [4.69, 9.17) is 16.3 Å². The molecule has 1 rings (SSSR count). The third kappa shape index (κ3) is 4.18. The largest absolute Gasteiger partial charge is 0.495 e. The molecule has 0 heterocycles. The fourth-order valence-corrected chi connectivity index (χ4v) is 1.38. The van der Waals surface area contributed by atoms with Gasteiger partial charge in [0.1, 0.15) is 5.75 Å². The summed E-state index contributed by atoms with van der Waals surface area (Å²) in [7, 11) is 1.47. The molecule has 0 bridgehead atoms. The van der Waals surface area contributed by atoms with Crippen LogP contribution in [-0.2, 0) is 0 Å². The number of methoxy groups -OCH3 is 1. The van der Waals surface area contributed by atoms with Crippen LogP contribution in [0.3, 0.4) is 0 Å². The second-order valence-electron chi connectivity index (χ2n) is 3.14. The molecular weight excluding hydrogens is 243 g/mol. The van der Waals surface area contributed by atoms with Crippen LogP contribution in [0.1, 0.15) is 6.42 Å². The van der Waals surface area contributed by atoms with Crippen LogP contribution >= 0.6 is 11.6 Å². The minimum atomic E-state index is -4.15. The van der Waals surface area contributed by atoms with Crippen molar-refractivity contribution in [2.24, 2.45) is 0 Å². The summed E-state index contributed by atoms with van der Waals surface area (Å²) in [5.74, 6) is 0.489. The van der Waals surface area contributed by atoms with Crippen molar-refractivity contribution in [1.82, 2.24) is 0 Å². The summed E-state index contributed by atoms with van der Waals surface area (Å²) in [5, 5.41) is 2.99. The maximum Gasteiger partial charge on any atom is 0.390 e. The fourth-order valence-electron chi connectivity index (χ4n) is 1.12. The van der Waals surface area contributed by atoms with Gasteiger partial charge in [-0.2, -0.15) is 13.2 Å². The third-order valence-corrected chi connectivity index (χ3v) is 2.18. The lowest BCUT2D eigenvalue weighted by Crippen LogP contribution is -2.14. The Kier molecular flexibility index (Phi) is 4.29. The molecule has 0 saturated carbocycles. The predicted octanol–water partition coefficient (Wildman–Crippen LogP) is 3.71. The van der Waals surface area contributed by atoms with Gasteiger partial charge in [0.15, 0.2) is 0 Å². The molecule has 0 saturated heterocycles. The second-order valence-corrected chi connectivity index (χ2v) is 3.55. The van der Waals surface area contributed by atoms with Gasteiger partial charge in [-0.15, -0.1) is 0 Å². The van der Waals surface area contributed by atoms with E-state index < -0.39 is 12.6 Å². The van der Waals surface area contributed by atoms with Gasteiger partial charge in [-0.25, -0.2) is 0 Å². The highest BCUT2D eigenvalue weighted by Crippen LogP contribution is 2.27. The molecule has 0 amide bonds. The van der Waals surface area contributed by atoms with E-state index in [0.29, 0.717) is 16.5 Å². The summed E-state index contributed by atoms with van der Waals surface area (Å²) in [6, 6.07) is 4.73. The van der Waals surface area contributed by atoms with Gasteiger partial charge < -0.3 is 10.1 Å². The maximum absolute atomic E-state index is 11.9. The summed E-state index contributed by atoms with van der Waals surface area (Å²) in [5.41, 5.74) is 0.537. The molecule has 90 valence electrons. The predicted molar refractivity (Wildman–Crippen MR) is 57.2 cm³/mol. The molecule has 0 aliphatic heterocycles. The summed E-state index contributed by atoms with van der Waals surface area (Å²) in [4.78, 5) is 0. The van der Waals surface area contributed by atoms with Gasteiger partial charge in [0.05, 0.1) is 18.6 Å². The molecule has 0 radical (unpaired) electrons. The number of benzene rings is 1. The molecule has 0 fully saturated rings. The summed E-state index contributed by atoms with van der Waals surface area (Å²) in [6.45, 7) is -0.174. The van der Waals surface area contributed by atoms with Crippen LogP contribution < -0.4 is 10.1 Å². The van der Waals surface area contributed by atoms with Crippen LogP contribution in [0.15, 0.2) is 18.2 Å². The summed E-state index contributed by atoms with van der Waals surface area (Å²) in [6.07, 6.45) is -5.03. The van der Waals surface area contributed by atoms with Crippen molar-refractivity contribution >= 4 is 17.3 Å². The van der Waals surface area contributed by atoms with Crippen LogP contribution in [-0.4, -0.2) is 19.8 Å². The second kappa shape index (κ2) is 5.30. The molecule has 0 unspecified atom stereocenters. The smallest absolute Gasteiger partial charge is 0.390 e. The third-order valence-electron chi connectivity index (χ3n) is 1.89. The SMILES string of the molecule is COc1ccc(NCCC(F)(F)F)cc1Cl. The Morgan fingerprint density at radius 1 is 1.38 bits per heavy atom. The number of anilines is 1. The van der Waals surface area contributed by atoms with E-state index in [2.05, 4.69) is 5.32 Å². The van der Waals surface area contributed by atoms with Crippen LogP contribution in [0.4, 0.5) is 18.9 Å². The lowest BCUT2D eigenvalue weighted by atomic mass is 10.3. The van der Waals surface area contributed by atoms with E-state index in [0.717, 1.165) is 0 Å². The maximum atomic E-state index is 11.9. The zero-order chi connectivity index (χ0) is 12.2. The fraction of sp³-hybridized carbons (Fsp3) is 0.400. The number of hydrogen-bond donors (Lipinski definition) is 1. The molecule has 16 heavy (non-hydrogen) atoms. The zero-order valence-electron chi connectivity index (χ0n) is 8.57. The van der Waals surface area contributed by atoms with Crippen molar-refractivity contribution in [3.63, 3.8) is 0 Å². The Balaban J connectivity index is 2.52. The molecule has 0 spiro atoms. The minimum Gasteiger partial charge on any atom is -0.495 e. The number of rotatable bonds is 4. The van der Waals surface area contributed by atoms with Crippen molar-refractivity contribution in [2.45, 2.75) is 12.6 Å². The zero-order valence-corrected chi connectivity index (χ0v) is 9.32. The monoisotopic (exact) mass is 253 g/mol. The topological polar surface area (TPSA) is 21.3 Å². The normalized spacial score (nSPS) is 11.3. The molecule has 1 aromatic rings. The molecule has 1 N–H and O–H groups in total. The van der Waals surface area contributed by atoms with Gasteiger partial charge in [0.2, 0.25) is 0 Å². The number of alkyl halides is 3. The van der Waals surface area contributed by atoms with Crippen molar-refractivity contribution in [3.05, 3.63) is 23.2 Å². The van der Waals surface area contributed by atoms with Gasteiger partial charge >= 0.3 is 6.18 Å². The Bertz CT molecular complexity index is 354. The van der Waals surface area contributed by atoms with Crippen LogP contribution in [0.25, 0.3) is 0 Å². The van der Waals surface area contributed by atoms with Gasteiger partial charge in [0.25, 0.3) is 0 Å². The standard InChI is InChI=1S/C10H11ClF3NO/c1-16-9-3-2-7(6-8(9)11)15-5-4-10(12,13)14/h2-3,6,15H,4-5H2,1H3. The molecule has 0 atom stereocenters. The number of ether oxygens (including phenoxy) is 1. The molecule has 6 heteroatoms. The van der Waals surface area contributed by atoms with Crippen LogP contribution in [0.2, 0.25) is 5.02 Å². The van der Waals surface area contributed by atoms with Crippen molar-refractivity contribution in [2.75, 3.05) is 19.0 Å². The van der Waals surface area contributed by atoms with E-state index >= 15 is 0 Å². The van der Waals surface area contributed by atoms with E-state index in [1.807, 2.05) is 0 Å². The minimum absolute atomic E-state index is 0.174. The first-order chi connectivity index (χ1) is 7.42. The number of nitrogens with one attached hydrogen (secondary N) is 1. The Labute approximate surface area is 96.4 Å². The molecule has 0 aromatic heterocycles. The first-order valence-electron chi connectivity index (χ1n) is 4.56. The number of hydrogen-bond acceptors (Lipinski definition) is 2. The highest BCUT2D eigenvalue weighted by molar-refractivity contribution is 6.32. The highest BCUT2D eigenvalue weighted by Gasteiger charge is 2.26. The van der Waals surface area contributed by atoms with Crippen molar-refractivity contribution in [3.8, 4) is 5.75 Å². The first-order valence-corrected chi connectivity index (χ1v) is 4.94. The van der Waals surface area contributed by atoms with E-state index in [9.17, 15) is 13.2 Å². The lowest BCUT2D eigenvalue weighted by Gasteiger charge is -2.10. The average Bonchev–Trinajstić information content (AvgIpc) is 2.16. The molecule has 1 aromatic carbocycles.